The molecule has 2 aromatic carbocycles. The van der Waals surface area contributed by atoms with Gasteiger partial charge in [-0.25, -0.2) is 9.59 Å². The van der Waals surface area contributed by atoms with Crippen molar-refractivity contribution in [3.63, 3.8) is 0 Å². The van der Waals surface area contributed by atoms with Gasteiger partial charge in [-0.05, 0) is 34.6 Å². The summed E-state index contributed by atoms with van der Waals surface area (Å²) in [5.74, 6) is -1.34. The molecule has 2 atom stereocenters. The summed E-state index contributed by atoms with van der Waals surface area (Å²) < 4.78 is 5.43. The number of benzene rings is 2. The highest BCUT2D eigenvalue weighted by atomic mass is 16.5. The lowest BCUT2D eigenvalue weighted by Gasteiger charge is -2.23. The number of carbonyl (C=O) groups excluding carboxylic acids is 1. The van der Waals surface area contributed by atoms with Crippen LogP contribution in [0.1, 0.15) is 37.3 Å². The first-order valence-electron chi connectivity index (χ1n) is 9.41. The summed E-state index contributed by atoms with van der Waals surface area (Å²) in [6, 6.07) is 15.1. The van der Waals surface area contributed by atoms with Gasteiger partial charge in [-0.1, -0.05) is 62.4 Å². The summed E-state index contributed by atoms with van der Waals surface area (Å²) in [6.45, 7) is 3.92. The zero-order chi connectivity index (χ0) is 20.3. The highest BCUT2D eigenvalue weighted by molar-refractivity contribution is 5.79. The number of aliphatic hydroxyl groups excluding tert-OH is 1. The Bertz CT molecular complexity index is 818. The van der Waals surface area contributed by atoms with Crippen LogP contribution in [0.15, 0.2) is 48.5 Å². The molecule has 148 valence electrons. The first-order chi connectivity index (χ1) is 13.4. The van der Waals surface area contributed by atoms with Gasteiger partial charge in [0.25, 0.3) is 0 Å². The number of hydrogen-bond donors (Lipinski definition) is 3. The van der Waals surface area contributed by atoms with Crippen molar-refractivity contribution in [2.45, 2.75) is 38.3 Å². The normalized spacial score (nSPS) is 14.9. The number of nitrogens with one attached hydrogen (secondary N) is 1. The van der Waals surface area contributed by atoms with Crippen LogP contribution < -0.4 is 5.32 Å². The molecule has 0 bridgehead atoms. The Morgan fingerprint density at radius 2 is 1.57 bits per heavy atom. The SMILES string of the molecule is CC(C)C[C@@H](NC(=O)OCC1c2ccccc2-c2ccccc21)C(O)C(=O)O. The van der Waals surface area contributed by atoms with E-state index in [9.17, 15) is 14.7 Å². The fourth-order valence-corrected chi connectivity index (χ4v) is 3.74. The molecule has 6 nitrogen and oxygen atoms in total. The van der Waals surface area contributed by atoms with Crippen molar-refractivity contribution in [3.05, 3.63) is 59.7 Å². The first-order valence-corrected chi connectivity index (χ1v) is 9.41. The van der Waals surface area contributed by atoms with Crippen molar-refractivity contribution in [2.75, 3.05) is 6.61 Å². The monoisotopic (exact) mass is 383 g/mol. The molecule has 3 rings (SSSR count). The number of carboxylic acids is 1. The van der Waals surface area contributed by atoms with Crippen LogP contribution in [0.5, 0.6) is 0 Å². The summed E-state index contributed by atoms with van der Waals surface area (Å²) in [4.78, 5) is 23.4. The average Bonchev–Trinajstić information content (AvgIpc) is 2.99. The van der Waals surface area contributed by atoms with E-state index >= 15 is 0 Å². The lowest BCUT2D eigenvalue weighted by atomic mass is 9.98. The number of hydrogen-bond acceptors (Lipinski definition) is 4. The molecular weight excluding hydrogens is 358 g/mol. The fraction of sp³-hybridized carbons (Fsp3) is 0.364. The van der Waals surface area contributed by atoms with Crippen LogP contribution >= 0.6 is 0 Å². The summed E-state index contributed by atoms with van der Waals surface area (Å²) >= 11 is 0. The van der Waals surface area contributed by atoms with Crippen LogP contribution in [0, 0.1) is 5.92 Å². The minimum absolute atomic E-state index is 0.0777. The van der Waals surface area contributed by atoms with Crippen LogP contribution in [0.4, 0.5) is 4.79 Å². The number of rotatable bonds is 7. The number of carboxylic acid groups (broad SMARTS) is 1. The third kappa shape index (κ3) is 4.17. The largest absolute Gasteiger partial charge is 0.479 e. The van der Waals surface area contributed by atoms with Crippen molar-refractivity contribution in [1.82, 2.24) is 5.32 Å². The minimum atomic E-state index is -1.68. The van der Waals surface area contributed by atoms with Gasteiger partial charge in [0.2, 0.25) is 0 Å². The standard InChI is InChI=1S/C22H25NO5/c1-13(2)11-19(20(24)21(25)26)23-22(27)28-12-18-16-9-5-3-7-14(16)15-8-4-6-10-17(15)18/h3-10,13,18-20,24H,11-12H2,1-2H3,(H,23,27)(H,25,26)/t19-,20?/m1/s1. The molecule has 0 saturated carbocycles. The summed E-state index contributed by atoms with van der Waals surface area (Å²) in [5.41, 5.74) is 4.46. The number of alkyl carbamates (subject to hydrolysis) is 1. The molecule has 28 heavy (non-hydrogen) atoms. The van der Waals surface area contributed by atoms with Gasteiger partial charge >= 0.3 is 12.1 Å². The fourth-order valence-electron chi connectivity index (χ4n) is 3.74. The van der Waals surface area contributed by atoms with Crippen LogP contribution in [0.25, 0.3) is 11.1 Å². The van der Waals surface area contributed by atoms with Gasteiger partial charge in [-0.3, -0.25) is 0 Å². The first kappa shape index (κ1) is 19.9. The summed E-state index contributed by atoms with van der Waals surface area (Å²) in [5, 5.41) is 21.4. The number of aliphatic hydroxyl groups is 1. The molecular formula is C22H25NO5. The van der Waals surface area contributed by atoms with Crippen LogP contribution in [0.3, 0.4) is 0 Å². The van der Waals surface area contributed by atoms with Gasteiger partial charge in [0.15, 0.2) is 6.10 Å². The number of carbonyl (C=O) groups is 2. The van der Waals surface area contributed by atoms with Gasteiger partial charge in [-0.15, -0.1) is 0 Å². The summed E-state index contributed by atoms with van der Waals surface area (Å²) in [7, 11) is 0. The van der Waals surface area contributed by atoms with Crippen molar-refractivity contribution < 1.29 is 24.5 Å². The van der Waals surface area contributed by atoms with Crippen molar-refractivity contribution >= 4 is 12.1 Å². The van der Waals surface area contributed by atoms with E-state index in [0.717, 1.165) is 22.3 Å². The van der Waals surface area contributed by atoms with Crippen molar-refractivity contribution in [2.24, 2.45) is 5.92 Å². The Morgan fingerprint density at radius 3 is 2.07 bits per heavy atom. The quantitative estimate of drug-likeness (QED) is 0.681. The van der Waals surface area contributed by atoms with E-state index in [1.54, 1.807) is 0 Å². The second kappa shape index (κ2) is 8.44. The molecule has 0 saturated heterocycles. The highest BCUT2D eigenvalue weighted by Crippen LogP contribution is 2.44. The lowest BCUT2D eigenvalue weighted by molar-refractivity contribution is -0.148. The Kier molecular flexibility index (Phi) is 5.99. The molecule has 1 unspecified atom stereocenters. The third-order valence-electron chi connectivity index (χ3n) is 5.01. The Hall–Kier alpha value is -2.86. The van der Waals surface area contributed by atoms with Gasteiger partial charge in [0.1, 0.15) is 6.61 Å². The second-order valence-electron chi connectivity index (χ2n) is 7.49. The molecule has 0 fully saturated rings. The van der Waals surface area contributed by atoms with Gasteiger partial charge in [0.05, 0.1) is 6.04 Å². The van der Waals surface area contributed by atoms with Gasteiger partial charge < -0.3 is 20.3 Å². The van der Waals surface area contributed by atoms with Gasteiger partial charge in [0, 0.05) is 5.92 Å². The maximum Gasteiger partial charge on any atom is 0.407 e. The molecule has 0 aromatic heterocycles. The molecule has 0 heterocycles. The molecule has 0 spiro atoms. The number of aliphatic carboxylic acids is 1. The third-order valence-corrected chi connectivity index (χ3v) is 5.01. The predicted octanol–water partition coefficient (Wildman–Crippen LogP) is 3.39. The Labute approximate surface area is 164 Å². The van der Waals surface area contributed by atoms with Crippen LogP contribution in [-0.2, 0) is 9.53 Å². The smallest absolute Gasteiger partial charge is 0.407 e. The molecule has 1 amide bonds. The molecule has 0 radical (unpaired) electrons. The Balaban J connectivity index is 1.70. The van der Waals surface area contributed by atoms with Crippen molar-refractivity contribution in [3.8, 4) is 11.1 Å². The number of amides is 1. The summed E-state index contributed by atoms with van der Waals surface area (Å²) in [6.07, 6.45) is -2.08. The van der Waals surface area contributed by atoms with Crippen LogP contribution in [-0.4, -0.2) is 41.0 Å². The maximum absolute atomic E-state index is 12.3. The van der Waals surface area contributed by atoms with E-state index in [1.165, 1.54) is 0 Å². The van der Waals surface area contributed by atoms with E-state index in [4.69, 9.17) is 9.84 Å². The van der Waals surface area contributed by atoms with Crippen LogP contribution in [0.2, 0.25) is 0 Å². The zero-order valence-corrected chi connectivity index (χ0v) is 16.0. The van der Waals surface area contributed by atoms with E-state index < -0.39 is 24.2 Å². The van der Waals surface area contributed by atoms with Gasteiger partial charge in [-0.2, -0.15) is 0 Å². The van der Waals surface area contributed by atoms with E-state index in [1.807, 2.05) is 50.2 Å². The second-order valence-corrected chi connectivity index (χ2v) is 7.49. The maximum atomic E-state index is 12.3. The van der Waals surface area contributed by atoms with E-state index in [-0.39, 0.29) is 18.4 Å². The average molecular weight is 383 g/mol. The zero-order valence-electron chi connectivity index (χ0n) is 16.0. The topological polar surface area (TPSA) is 95.9 Å². The molecule has 3 N–H and O–H groups in total. The minimum Gasteiger partial charge on any atom is -0.479 e. The predicted molar refractivity (Wildman–Crippen MR) is 105 cm³/mol. The molecule has 1 aliphatic rings. The molecule has 2 aromatic rings. The van der Waals surface area contributed by atoms with E-state index in [2.05, 4.69) is 17.4 Å². The van der Waals surface area contributed by atoms with Crippen molar-refractivity contribution in [1.29, 1.82) is 0 Å². The molecule has 0 aliphatic heterocycles. The Morgan fingerprint density at radius 1 is 1.04 bits per heavy atom. The lowest BCUT2D eigenvalue weighted by Crippen LogP contribution is -2.48. The molecule has 1 aliphatic carbocycles. The highest BCUT2D eigenvalue weighted by Gasteiger charge is 2.31. The molecule has 6 heteroatoms. The number of fused-ring (bicyclic) bond motifs is 3. The van der Waals surface area contributed by atoms with E-state index in [0.29, 0.717) is 6.42 Å². The number of ether oxygens (including phenoxy) is 1.